The van der Waals surface area contributed by atoms with Gasteiger partial charge in [-0.2, -0.15) is 13.2 Å². The molecule has 0 unspecified atom stereocenters. The molecule has 2 aromatic rings. The summed E-state index contributed by atoms with van der Waals surface area (Å²) in [7, 11) is -1.86. The van der Waals surface area contributed by atoms with E-state index in [-0.39, 0.29) is 15.7 Å². The normalized spacial score (nSPS) is 22.5. The number of rotatable bonds is 2. The van der Waals surface area contributed by atoms with Gasteiger partial charge >= 0.3 is 6.18 Å². The highest BCUT2D eigenvalue weighted by Crippen LogP contribution is 2.45. The number of nitrogens with one attached hydrogen (secondary N) is 1. The summed E-state index contributed by atoms with van der Waals surface area (Å²) < 4.78 is 64.3. The molecule has 0 aliphatic carbocycles. The minimum atomic E-state index is -4.50. The average Bonchev–Trinajstić information content (AvgIpc) is 2.82. The predicted molar refractivity (Wildman–Crippen MR) is 100 cm³/mol. The molecule has 28 heavy (non-hydrogen) atoms. The molecule has 8 heteroatoms. The van der Waals surface area contributed by atoms with E-state index in [0.29, 0.717) is 6.04 Å². The molecule has 2 atom stereocenters. The molecule has 4 rings (SSSR count). The van der Waals surface area contributed by atoms with Gasteiger partial charge in [-0.05, 0) is 74.0 Å². The van der Waals surface area contributed by atoms with Gasteiger partial charge in [0.15, 0.2) is 0 Å². The third kappa shape index (κ3) is 3.18. The number of halogens is 3. The molecule has 0 spiro atoms. The molecular weight excluding hydrogens is 389 g/mol. The molecule has 2 aliphatic rings. The van der Waals surface area contributed by atoms with Crippen LogP contribution in [0, 0.1) is 0 Å². The van der Waals surface area contributed by atoms with Crippen molar-refractivity contribution < 1.29 is 21.6 Å². The van der Waals surface area contributed by atoms with Crippen LogP contribution in [0.25, 0.3) is 0 Å². The molecule has 0 aromatic heterocycles. The maximum Gasteiger partial charge on any atom is 0.416 e. The summed E-state index contributed by atoms with van der Waals surface area (Å²) in [6.07, 6.45) is -2.59. The fourth-order valence-corrected chi connectivity index (χ4v) is 5.60. The number of likely N-dealkylation sites (N-methyl/N-ethyl adjacent to an activating group) is 1. The van der Waals surface area contributed by atoms with Crippen LogP contribution in [0.3, 0.4) is 0 Å². The van der Waals surface area contributed by atoms with Crippen molar-refractivity contribution in [2.75, 3.05) is 25.0 Å². The zero-order chi connectivity index (χ0) is 20.1. The van der Waals surface area contributed by atoms with Crippen LogP contribution >= 0.6 is 0 Å². The summed E-state index contributed by atoms with van der Waals surface area (Å²) >= 11 is 0. The largest absolute Gasteiger partial charge is 0.416 e. The molecule has 0 amide bonds. The van der Waals surface area contributed by atoms with Crippen LogP contribution < -0.4 is 10.2 Å². The number of anilines is 1. The van der Waals surface area contributed by atoms with E-state index in [1.165, 1.54) is 0 Å². The Morgan fingerprint density at radius 3 is 2.32 bits per heavy atom. The second-order valence-electron chi connectivity index (χ2n) is 7.36. The second-order valence-corrected chi connectivity index (χ2v) is 9.31. The van der Waals surface area contributed by atoms with Crippen LogP contribution in [0.1, 0.15) is 29.9 Å². The van der Waals surface area contributed by atoms with E-state index in [2.05, 4.69) is 10.2 Å². The number of benzene rings is 2. The average molecular weight is 410 g/mol. The molecule has 1 saturated heterocycles. The smallest absolute Gasteiger partial charge is 0.371 e. The van der Waals surface area contributed by atoms with Crippen molar-refractivity contribution in [1.29, 1.82) is 0 Å². The third-order valence-corrected chi connectivity index (χ3v) is 7.56. The van der Waals surface area contributed by atoms with Crippen LogP contribution in [0.2, 0.25) is 0 Å². The Morgan fingerprint density at radius 2 is 1.64 bits per heavy atom. The SMILES string of the molecule is CN1c2ccc(S(=O)(=O)c3ccc(C(F)(F)F)cc3)cc2[C@@H]2CCNCC[C@H]21. The molecule has 1 N–H and O–H groups in total. The van der Waals surface area contributed by atoms with Gasteiger partial charge in [0.1, 0.15) is 0 Å². The summed E-state index contributed by atoms with van der Waals surface area (Å²) in [6, 6.07) is 9.05. The predicted octanol–water partition coefficient (Wildman–Crippen LogP) is 3.82. The number of sulfone groups is 1. The lowest BCUT2D eigenvalue weighted by Crippen LogP contribution is -2.30. The first-order valence-electron chi connectivity index (χ1n) is 9.19. The first-order chi connectivity index (χ1) is 13.2. The van der Waals surface area contributed by atoms with Gasteiger partial charge in [0.25, 0.3) is 0 Å². The van der Waals surface area contributed by atoms with Crippen molar-refractivity contribution in [2.45, 2.75) is 40.8 Å². The molecule has 0 radical (unpaired) electrons. The standard InChI is InChI=1S/C20H21F3N2O2S/c1-25-18-7-6-15(12-17(18)16-8-10-24-11-9-19(16)25)28(26,27)14-4-2-13(3-5-14)20(21,22)23/h2-7,12,16,19,24H,8-11H2,1H3/t16-,19+/m0/s1. The highest BCUT2D eigenvalue weighted by molar-refractivity contribution is 7.91. The quantitative estimate of drug-likeness (QED) is 0.818. The first kappa shape index (κ1) is 19.3. The fourth-order valence-electron chi connectivity index (χ4n) is 4.31. The van der Waals surface area contributed by atoms with E-state index in [4.69, 9.17) is 0 Å². The van der Waals surface area contributed by atoms with Gasteiger partial charge < -0.3 is 10.2 Å². The molecule has 2 aliphatic heterocycles. The molecule has 0 saturated carbocycles. The Balaban J connectivity index is 1.71. The lowest BCUT2D eigenvalue weighted by Gasteiger charge is -2.24. The molecule has 0 bridgehead atoms. The lowest BCUT2D eigenvalue weighted by molar-refractivity contribution is -0.137. The highest BCUT2D eigenvalue weighted by atomic mass is 32.2. The minimum absolute atomic E-state index is 0.122. The van der Waals surface area contributed by atoms with Gasteiger partial charge in [-0.1, -0.05) is 0 Å². The fraction of sp³-hybridized carbons (Fsp3) is 0.400. The maximum atomic E-state index is 13.0. The summed E-state index contributed by atoms with van der Waals surface area (Å²) in [5, 5.41) is 3.38. The van der Waals surface area contributed by atoms with E-state index in [1.807, 2.05) is 13.1 Å². The van der Waals surface area contributed by atoms with Gasteiger partial charge in [-0.3, -0.25) is 0 Å². The topological polar surface area (TPSA) is 49.4 Å². The molecule has 2 heterocycles. The second kappa shape index (κ2) is 6.77. The summed E-state index contributed by atoms with van der Waals surface area (Å²) in [4.78, 5) is 2.20. The number of hydrogen-bond acceptors (Lipinski definition) is 4. The number of fused-ring (bicyclic) bond motifs is 3. The highest BCUT2D eigenvalue weighted by Gasteiger charge is 2.38. The van der Waals surface area contributed by atoms with E-state index in [9.17, 15) is 21.6 Å². The summed E-state index contributed by atoms with van der Waals surface area (Å²) in [6.45, 7) is 1.81. The van der Waals surface area contributed by atoms with E-state index in [0.717, 1.165) is 61.4 Å². The van der Waals surface area contributed by atoms with E-state index < -0.39 is 21.6 Å². The monoisotopic (exact) mass is 410 g/mol. The van der Waals surface area contributed by atoms with Crippen LogP contribution in [-0.4, -0.2) is 34.6 Å². The van der Waals surface area contributed by atoms with Crippen molar-refractivity contribution in [3.63, 3.8) is 0 Å². The van der Waals surface area contributed by atoms with Gasteiger partial charge in [0.05, 0.1) is 15.4 Å². The number of alkyl halides is 3. The van der Waals surface area contributed by atoms with Gasteiger partial charge in [0.2, 0.25) is 9.84 Å². The van der Waals surface area contributed by atoms with Crippen molar-refractivity contribution in [3.05, 3.63) is 53.6 Å². The zero-order valence-electron chi connectivity index (χ0n) is 15.3. The molecule has 4 nitrogen and oxygen atoms in total. The molecule has 150 valence electrons. The lowest BCUT2D eigenvalue weighted by atomic mass is 9.91. The van der Waals surface area contributed by atoms with Gasteiger partial charge in [0, 0.05) is 24.7 Å². The Hall–Kier alpha value is -2.06. The Morgan fingerprint density at radius 1 is 1.00 bits per heavy atom. The summed E-state index contributed by atoms with van der Waals surface area (Å²) in [5.41, 5.74) is 1.17. The van der Waals surface area contributed by atoms with Crippen molar-refractivity contribution in [3.8, 4) is 0 Å². The van der Waals surface area contributed by atoms with E-state index in [1.54, 1.807) is 12.1 Å². The van der Waals surface area contributed by atoms with Gasteiger partial charge in [-0.15, -0.1) is 0 Å². The van der Waals surface area contributed by atoms with Crippen molar-refractivity contribution in [1.82, 2.24) is 5.32 Å². The summed E-state index contributed by atoms with van der Waals surface area (Å²) in [5.74, 6) is 0.248. The number of hydrogen-bond donors (Lipinski definition) is 1. The van der Waals surface area contributed by atoms with E-state index >= 15 is 0 Å². The Labute approximate surface area is 162 Å². The zero-order valence-corrected chi connectivity index (χ0v) is 16.1. The van der Waals surface area contributed by atoms with Crippen LogP contribution in [0.15, 0.2) is 52.3 Å². The van der Waals surface area contributed by atoms with Crippen molar-refractivity contribution in [2.24, 2.45) is 0 Å². The van der Waals surface area contributed by atoms with Crippen LogP contribution in [0.5, 0.6) is 0 Å². The maximum absolute atomic E-state index is 13.0. The van der Waals surface area contributed by atoms with Crippen LogP contribution in [-0.2, 0) is 16.0 Å². The molecular formula is C20H21F3N2O2S. The van der Waals surface area contributed by atoms with Crippen LogP contribution in [0.4, 0.5) is 18.9 Å². The van der Waals surface area contributed by atoms with Crippen molar-refractivity contribution >= 4 is 15.5 Å². The number of nitrogens with zero attached hydrogens (tertiary/aromatic N) is 1. The molecule has 1 fully saturated rings. The van der Waals surface area contributed by atoms with Gasteiger partial charge in [-0.25, -0.2) is 8.42 Å². The minimum Gasteiger partial charge on any atom is -0.371 e. The molecule has 2 aromatic carbocycles. The first-order valence-corrected chi connectivity index (χ1v) is 10.7. The Kier molecular flexibility index (Phi) is 4.66. The Bertz CT molecular complexity index is 988. The third-order valence-electron chi connectivity index (χ3n) is 5.79.